The van der Waals surface area contributed by atoms with Crippen LogP contribution >= 0.6 is 9.24 Å². The molecule has 0 bridgehead atoms. The van der Waals surface area contributed by atoms with Crippen LogP contribution in [-0.4, -0.2) is 23.8 Å². The molecule has 37 heavy (non-hydrogen) atoms. The molecule has 185 valence electrons. The van der Waals surface area contributed by atoms with E-state index in [-0.39, 0.29) is 22.3 Å². The Morgan fingerprint density at radius 1 is 0.892 bits per heavy atom. The van der Waals surface area contributed by atoms with Crippen molar-refractivity contribution in [3.05, 3.63) is 102 Å². The van der Waals surface area contributed by atoms with Crippen LogP contribution in [0.3, 0.4) is 0 Å². The molecule has 1 aliphatic heterocycles. The summed E-state index contributed by atoms with van der Waals surface area (Å²) in [4.78, 5) is 0. The van der Waals surface area contributed by atoms with E-state index < -0.39 is 0 Å². The number of benzene rings is 4. The Morgan fingerprint density at radius 2 is 1.62 bits per heavy atom. The van der Waals surface area contributed by atoms with Crippen LogP contribution in [-0.2, 0) is 4.65 Å². The number of fused-ring (bicyclic) bond motifs is 5. The molecular weight excluding hydrogens is 470 g/mol. The molecule has 4 aromatic rings. The lowest BCUT2D eigenvalue weighted by Gasteiger charge is -2.39. The van der Waals surface area contributed by atoms with Crippen LogP contribution in [0.1, 0.15) is 51.7 Å². The van der Waals surface area contributed by atoms with Crippen molar-refractivity contribution in [2.45, 2.75) is 56.9 Å². The van der Waals surface area contributed by atoms with E-state index in [0.717, 1.165) is 11.2 Å². The second kappa shape index (κ2) is 8.58. The van der Waals surface area contributed by atoms with Crippen LogP contribution in [0.4, 0.5) is 0 Å². The topological polar surface area (TPSA) is 18.5 Å². The van der Waals surface area contributed by atoms with E-state index in [2.05, 4.69) is 135 Å². The maximum absolute atomic E-state index is 6.52. The molecule has 0 fully saturated rings. The normalized spacial score (nSPS) is 20.9. The average molecular weight is 503 g/mol. The molecule has 4 heteroatoms. The fourth-order valence-electron chi connectivity index (χ4n) is 5.23. The van der Waals surface area contributed by atoms with Crippen molar-refractivity contribution >= 4 is 49.3 Å². The molecule has 1 aliphatic carbocycles. The molecule has 2 nitrogen and oxygen atoms in total. The van der Waals surface area contributed by atoms with E-state index in [1.807, 2.05) is 7.48 Å². The van der Waals surface area contributed by atoms with E-state index in [9.17, 15) is 0 Å². The molecule has 3 unspecified atom stereocenters. The highest BCUT2D eigenvalue weighted by Crippen LogP contribution is 2.51. The van der Waals surface area contributed by atoms with Crippen molar-refractivity contribution in [3.8, 4) is 5.75 Å². The lowest BCUT2D eigenvalue weighted by atomic mass is 9.78. The minimum atomic E-state index is -0.370. The predicted molar refractivity (Wildman–Crippen MR) is 161 cm³/mol. The van der Waals surface area contributed by atoms with E-state index in [1.54, 1.807) is 0 Å². The Morgan fingerprint density at radius 3 is 2.38 bits per heavy atom. The van der Waals surface area contributed by atoms with Gasteiger partial charge in [-0.1, -0.05) is 92.1 Å². The van der Waals surface area contributed by atoms with E-state index in [0.29, 0.717) is 0 Å². The molecule has 3 atom stereocenters. The SMILES string of the molecule is CC12C=CC(c3cccc4cc([B]OC(C)(C)C(C)(C)P)ccc34)=CC1c1cc3ccccc3cc1O2. The number of hydrogen-bond donors (Lipinski definition) is 0. The van der Waals surface area contributed by atoms with Gasteiger partial charge >= 0.3 is 7.48 Å². The number of rotatable bonds is 5. The molecule has 2 aliphatic rings. The monoisotopic (exact) mass is 503 g/mol. The summed E-state index contributed by atoms with van der Waals surface area (Å²) in [5.74, 6) is 1.16. The summed E-state index contributed by atoms with van der Waals surface area (Å²) in [7, 11) is 4.78. The third-order valence-corrected chi connectivity index (χ3v) is 9.05. The molecule has 0 amide bonds. The van der Waals surface area contributed by atoms with Gasteiger partial charge in [-0.3, -0.25) is 0 Å². The van der Waals surface area contributed by atoms with Gasteiger partial charge in [0.25, 0.3) is 0 Å². The zero-order valence-electron chi connectivity index (χ0n) is 22.2. The molecule has 6 rings (SSSR count). The van der Waals surface area contributed by atoms with Gasteiger partial charge in [-0.25, -0.2) is 0 Å². The predicted octanol–water partition coefficient (Wildman–Crippen LogP) is 7.57. The number of allylic oxidation sites excluding steroid dienone is 2. The highest BCUT2D eigenvalue weighted by molar-refractivity contribution is 7.19. The number of hydrogen-bond acceptors (Lipinski definition) is 2. The highest BCUT2D eigenvalue weighted by Gasteiger charge is 2.43. The Balaban J connectivity index is 1.35. The van der Waals surface area contributed by atoms with Crippen molar-refractivity contribution in [2.75, 3.05) is 0 Å². The first-order chi connectivity index (χ1) is 17.5. The van der Waals surface area contributed by atoms with Crippen molar-refractivity contribution in [1.29, 1.82) is 0 Å². The van der Waals surface area contributed by atoms with Crippen LogP contribution in [0.5, 0.6) is 5.75 Å². The van der Waals surface area contributed by atoms with Crippen LogP contribution in [0.15, 0.2) is 91.0 Å². The van der Waals surface area contributed by atoms with Crippen molar-refractivity contribution < 1.29 is 9.39 Å². The summed E-state index contributed by atoms with van der Waals surface area (Å²) in [5, 5.41) is 4.86. The Kier molecular flexibility index (Phi) is 5.68. The third-order valence-electron chi connectivity index (χ3n) is 8.36. The largest absolute Gasteiger partial charge is 0.482 e. The summed E-state index contributed by atoms with van der Waals surface area (Å²) in [6.45, 7) is 10.8. The molecule has 1 radical (unpaired) electrons. The van der Waals surface area contributed by atoms with Crippen molar-refractivity contribution in [1.82, 2.24) is 0 Å². The molecule has 0 spiro atoms. The molecule has 0 saturated carbocycles. The van der Waals surface area contributed by atoms with Gasteiger partial charge in [0.2, 0.25) is 0 Å². The molecule has 0 aromatic heterocycles. The van der Waals surface area contributed by atoms with Crippen LogP contribution < -0.4 is 10.2 Å². The zero-order valence-corrected chi connectivity index (χ0v) is 23.4. The van der Waals surface area contributed by atoms with Gasteiger partial charge in [0, 0.05) is 16.6 Å². The van der Waals surface area contributed by atoms with Gasteiger partial charge in [0.05, 0.1) is 5.60 Å². The lowest BCUT2D eigenvalue weighted by molar-refractivity contribution is 0.0841. The summed E-state index contributed by atoms with van der Waals surface area (Å²) in [5.41, 5.74) is 4.13. The lowest BCUT2D eigenvalue weighted by Crippen LogP contribution is -2.45. The van der Waals surface area contributed by atoms with E-state index in [4.69, 9.17) is 9.39 Å². The van der Waals surface area contributed by atoms with Crippen LogP contribution in [0, 0.1) is 0 Å². The van der Waals surface area contributed by atoms with Gasteiger partial charge in [0.1, 0.15) is 11.4 Å². The van der Waals surface area contributed by atoms with E-state index >= 15 is 0 Å². The first-order valence-electron chi connectivity index (χ1n) is 13.0. The van der Waals surface area contributed by atoms with Gasteiger partial charge in [-0.05, 0) is 71.7 Å². The standard InChI is InChI=1S/C33H33BO2P/c1-31(2,32(3,4)37)36-34-25-13-14-27-23(17-25)11-8-12-26(27)24-15-16-33(5)29(19-24)28-18-21-9-6-7-10-22(21)20-30(28)35-33/h6-20,29H,37H2,1-5H3. The molecule has 0 N–H and O–H groups in total. The van der Waals surface area contributed by atoms with Crippen molar-refractivity contribution in [2.24, 2.45) is 0 Å². The molecule has 0 saturated heterocycles. The minimum Gasteiger partial charge on any atom is -0.482 e. The average Bonchev–Trinajstić information content (AvgIpc) is 3.15. The van der Waals surface area contributed by atoms with Gasteiger partial charge in [-0.15, -0.1) is 9.24 Å². The summed E-state index contributed by atoms with van der Waals surface area (Å²) < 4.78 is 12.7. The van der Waals surface area contributed by atoms with Crippen LogP contribution in [0.2, 0.25) is 0 Å². The summed E-state index contributed by atoms with van der Waals surface area (Å²) in [6, 6.07) is 26.1. The minimum absolute atomic E-state index is 0.0450. The molecular formula is C33H33BO2P. The van der Waals surface area contributed by atoms with Gasteiger partial charge in [0.15, 0.2) is 0 Å². The van der Waals surface area contributed by atoms with E-state index in [1.165, 1.54) is 38.2 Å². The van der Waals surface area contributed by atoms with Crippen molar-refractivity contribution in [3.63, 3.8) is 0 Å². The van der Waals surface area contributed by atoms with Crippen LogP contribution in [0.25, 0.3) is 27.1 Å². The Labute approximate surface area is 223 Å². The quantitative estimate of drug-likeness (QED) is 0.207. The van der Waals surface area contributed by atoms with Gasteiger partial charge < -0.3 is 9.39 Å². The fraction of sp³-hybridized carbons (Fsp3) is 0.273. The third kappa shape index (κ3) is 4.23. The maximum Gasteiger partial charge on any atom is 0.330 e. The zero-order chi connectivity index (χ0) is 26.0. The van der Waals surface area contributed by atoms with Gasteiger partial charge in [-0.2, -0.15) is 0 Å². The fourth-order valence-corrected chi connectivity index (χ4v) is 5.30. The Bertz CT molecular complexity index is 1590. The second-order valence-corrected chi connectivity index (χ2v) is 13.2. The first kappa shape index (κ1) is 24.5. The second-order valence-electron chi connectivity index (χ2n) is 11.7. The molecule has 4 aromatic carbocycles. The highest BCUT2D eigenvalue weighted by atomic mass is 31.0. The summed E-state index contributed by atoms with van der Waals surface area (Å²) in [6.07, 6.45) is 6.85. The first-order valence-corrected chi connectivity index (χ1v) is 13.6. The number of ether oxygens (including phenoxy) is 1. The summed E-state index contributed by atoms with van der Waals surface area (Å²) >= 11 is 0. The smallest absolute Gasteiger partial charge is 0.330 e. The molecule has 1 heterocycles. The Hall–Kier alpha value is -2.87. The maximum atomic E-state index is 6.52.